The van der Waals surface area contributed by atoms with Crippen LogP contribution < -0.4 is 0 Å². The molecule has 1 aromatic carbocycles. The van der Waals surface area contributed by atoms with Gasteiger partial charge in [0.15, 0.2) is 15.7 Å². The van der Waals surface area contributed by atoms with Crippen molar-refractivity contribution in [2.24, 2.45) is 0 Å². The Hall–Kier alpha value is -1.67. The fourth-order valence-corrected chi connectivity index (χ4v) is 2.75. The summed E-state index contributed by atoms with van der Waals surface area (Å²) in [6, 6.07) is 6.46. The van der Waals surface area contributed by atoms with Gasteiger partial charge < -0.3 is 0 Å². The number of nitrogens with one attached hydrogen (secondary N) is 1. The Kier molecular flexibility index (Phi) is 4.24. The molecule has 1 aromatic heterocycles. The summed E-state index contributed by atoms with van der Waals surface area (Å²) in [6.45, 7) is 1.50. The third kappa shape index (κ3) is 3.67. The molecule has 2 aromatic rings. The molecule has 1 N–H and O–H groups in total. The fourth-order valence-electron chi connectivity index (χ4n) is 1.48. The molecule has 0 radical (unpaired) electrons. The van der Waals surface area contributed by atoms with E-state index in [1.807, 2.05) is 0 Å². The molecule has 0 amide bonds. The first-order chi connectivity index (χ1) is 9.36. The highest BCUT2D eigenvalue weighted by Crippen LogP contribution is 2.21. The minimum absolute atomic E-state index is 0.0421. The molecule has 0 bridgehead atoms. The summed E-state index contributed by atoms with van der Waals surface area (Å²) in [6.07, 6.45) is 1.15. The second-order valence-electron chi connectivity index (χ2n) is 4.26. The van der Waals surface area contributed by atoms with Gasteiger partial charge in [-0.1, -0.05) is 23.9 Å². The lowest BCUT2D eigenvalue weighted by Gasteiger charge is -2.00. The summed E-state index contributed by atoms with van der Waals surface area (Å²) >= 11 is 1.23. The number of ketones is 1. The van der Waals surface area contributed by atoms with Gasteiger partial charge in [0.1, 0.15) is 5.78 Å². The molecule has 106 valence electrons. The molecular formula is C12H13N3O3S2. The predicted molar refractivity (Wildman–Crippen MR) is 76.3 cm³/mol. The molecule has 0 aliphatic heterocycles. The van der Waals surface area contributed by atoms with Crippen LogP contribution in [-0.2, 0) is 14.6 Å². The van der Waals surface area contributed by atoms with Crippen LogP contribution in [0.1, 0.15) is 6.92 Å². The average Bonchev–Trinajstić information content (AvgIpc) is 2.84. The van der Waals surface area contributed by atoms with Crippen molar-refractivity contribution in [1.29, 1.82) is 0 Å². The first-order valence-corrected chi connectivity index (χ1v) is 8.59. The van der Waals surface area contributed by atoms with Crippen LogP contribution in [0.2, 0.25) is 0 Å². The van der Waals surface area contributed by atoms with Crippen LogP contribution in [0.4, 0.5) is 0 Å². The predicted octanol–water partition coefficient (Wildman–Crippen LogP) is 1.56. The summed E-state index contributed by atoms with van der Waals surface area (Å²) in [5.74, 6) is 0.822. The Morgan fingerprint density at radius 3 is 2.80 bits per heavy atom. The van der Waals surface area contributed by atoms with Crippen LogP contribution in [0.15, 0.2) is 34.3 Å². The third-order valence-corrected chi connectivity index (χ3v) is 4.51. The van der Waals surface area contributed by atoms with Crippen LogP contribution >= 0.6 is 11.8 Å². The van der Waals surface area contributed by atoms with Gasteiger partial charge in [-0.3, -0.25) is 9.89 Å². The van der Waals surface area contributed by atoms with E-state index >= 15 is 0 Å². The number of hydrogen-bond donors (Lipinski definition) is 1. The van der Waals surface area contributed by atoms with Gasteiger partial charge in [-0.25, -0.2) is 13.4 Å². The van der Waals surface area contributed by atoms with Crippen molar-refractivity contribution >= 4 is 27.4 Å². The van der Waals surface area contributed by atoms with Crippen molar-refractivity contribution in [3.63, 3.8) is 0 Å². The number of H-pyrrole nitrogens is 1. The maximum Gasteiger partial charge on any atom is 0.209 e. The summed E-state index contributed by atoms with van der Waals surface area (Å²) < 4.78 is 23.0. The van der Waals surface area contributed by atoms with Crippen LogP contribution in [0.3, 0.4) is 0 Å². The maximum atomic E-state index is 11.5. The van der Waals surface area contributed by atoms with Crippen LogP contribution in [-0.4, -0.2) is 41.4 Å². The van der Waals surface area contributed by atoms with Crippen molar-refractivity contribution in [2.75, 3.05) is 12.0 Å². The number of hydrogen-bond acceptors (Lipinski definition) is 6. The van der Waals surface area contributed by atoms with Crippen LogP contribution in [0, 0.1) is 0 Å². The smallest absolute Gasteiger partial charge is 0.209 e. The van der Waals surface area contributed by atoms with Gasteiger partial charge in [0.05, 0.1) is 10.6 Å². The van der Waals surface area contributed by atoms with E-state index in [0.717, 1.165) is 6.26 Å². The van der Waals surface area contributed by atoms with E-state index < -0.39 is 9.84 Å². The zero-order chi connectivity index (χ0) is 14.8. The van der Waals surface area contributed by atoms with E-state index in [4.69, 9.17) is 0 Å². The number of nitrogens with zero attached hydrogens (tertiary/aromatic N) is 2. The summed E-state index contributed by atoms with van der Waals surface area (Å²) in [5.41, 5.74) is 0.634. The normalized spacial score (nSPS) is 11.5. The number of benzene rings is 1. The topological polar surface area (TPSA) is 92.8 Å². The van der Waals surface area contributed by atoms with Gasteiger partial charge in [0.2, 0.25) is 5.16 Å². The minimum Gasteiger partial charge on any atom is -0.299 e. The zero-order valence-electron chi connectivity index (χ0n) is 11.0. The highest BCUT2D eigenvalue weighted by Gasteiger charge is 2.11. The molecule has 0 fully saturated rings. The van der Waals surface area contributed by atoms with E-state index in [1.54, 1.807) is 12.1 Å². The Labute approximate surface area is 120 Å². The summed E-state index contributed by atoms with van der Waals surface area (Å²) in [4.78, 5) is 15.3. The molecule has 8 heteroatoms. The first-order valence-electron chi connectivity index (χ1n) is 5.71. The third-order valence-electron chi connectivity index (χ3n) is 2.41. The van der Waals surface area contributed by atoms with Crippen molar-refractivity contribution in [3.05, 3.63) is 24.3 Å². The van der Waals surface area contributed by atoms with Gasteiger partial charge in [-0.05, 0) is 19.1 Å². The van der Waals surface area contributed by atoms with Crippen LogP contribution in [0.5, 0.6) is 0 Å². The van der Waals surface area contributed by atoms with E-state index in [9.17, 15) is 13.2 Å². The lowest BCUT2D eigenvalue weighted by molar-refractivity contribution is -0.114. The molecular weight excluding hydrogens is 298 g/mol. The minimum atomic E-state index is -3.26. The number of carbonyl (C=O) groups is 1. The van der Waals surface area contributed by atoms with Gasteiger partial charge in [-0.15, -0.1) is 5.10 Å². The molecule has 2 rings (SSSR count). The number of sulfone groups is 1. The fraction of sp³-hybridized carbons (Fsp3) is 0.250. The molecule has 0 atom stereocenters. The molecule has 0 aliphatic carbocycles. The molecule has 0 saturated heterocycles. The maximum absolute atomic E-state index is 11.5. The largest absolute Gasteiger partial charge is 0.299 e. The standard InChI is InChI=1S/C12H13N3O3S2/c1-8(16)7-19-12-13-11(14-15-12)9-4-3-5-10(6-9)20(2,17)18/h3-6H,7H2,1-2H3,(H,13,14,15). The lowest BCUT2D eigenvalue weighted by atomic mass is 10.2. The van der Waals surface area contributed by atoms with Gasteiger partial charge >= 0.3 is 0 Å². The highest BCUT2D eigenvalue weighted by molar-refractivity contribution is 7.99. The van der Waals surface area contributed by atoms with Gasteiger partial charge in [0, 0.05) is 11.8 Å². The number of carbonyl (C=O) groups excluding carboxylic acids is 1. The molecule has 0 spiro atoms. The Bertz CT molecular complexity index is 738. The monoisotopic (exact) mass is 311 g/mol. The van der Waals surface area contributed by atoms with E-state index in [2.05, 4.69) is 15.2 Å². The van der Waals surface area contributed by atoms with Crippen molar-refractivity contribution < 1.29 is 13.2 Å². The number of thioether (sulfide) groups is 1. The lowest BCUT2D eigenvalue weighted by Crippen LogP contribution is -1.97. The Morgan fingerprint density at radius 2 is 2.15 bits per heavy atom. The molecule has 1 heterocycles. The second-order valence-corrected chi connectivity index (χ2v) is 7.22. The van der Waals surface area contributed by atoms with Gasteiger partial charge in [-0.2, -0.15) is 0 Å². The average molecular weight is 311 g/mol. The van der Waals surface area contributed by atoms with Crippen molar-refractivity contribution in [1.82, 2.24) is 15.2 Å². The van der Waals surface area contributed by atoms with E-state index in [1.165, 1.54) is 30.8 Å². The summed E-state index contributed by atoms with van der Waals surface area (Å²) in [5, 5.41) is 7.18. The van der Waals surface area contributed by atoms with E-state index in [0.29, 0.717) is 22.3 Å². The second kappa shape index (κ2) is 5.76. The number of rotatable bonds is 5. The molecule has 20 heavy (non-hydrogen) atoms. The molecule has 0 aliphatic rings. The van der Waals surface area contributed by atoms with Crippen molar-refractivity contribution in [3.8, 4) is 11.4 Å². The SMILES string of the molecule is CC(=O)CSc1n[nH]c(-c2cccc(S(C)(=O)=O)c2)n1. The summed E-state index contributed by atoms with van der Waals surface area (Å²) in [7, 11) is -3.26. The quantitative estimate of drug-likeness (QED) is 0.842. The van der Waals surface area contributed by atoms with Crippen molar-refractivity contribution in [2.45, 2.75) is 17.0 Å². The Balaban J connectivity index is 2.26. The number of aromatic nitrogens is 3. The number of Topliss-reactive ketones (excluding diaryl/α,β-unsaturated/α-hetero) is 1. The molecule has 6 nitrogen and oxygen atoms in total. The van der Waals surface area contributed by atoms with Crippen LogP contribution in [0.25, 0.3) is 11.4 Å². The van der Waals surface area contributed by atoms with Gasteiger partial charge in [0.25, 0.3) is 0 Å². The highest BCUT2D eigenvalue weighted by atomic mass is 32.2. The first kappa shape index (κ1) is 14.7. The van der Waals surface area contributed by atoms with E-state index in [-0.39, 0.29) is 10.7 Å². The Morgan fingerprint density at radius 1 is 1.40 bits per heavy atom. The number of aromatic amines is 1. The zero-order valence-corrected chi connectivity index (χ0v) is 12.6. The molecule has 0 saturated carbocycles. The molecule has 0 unspecified atom stereocenters.